The fourth-order valence-electron chi connectivity index (χ4n) is 3.63. The minimum Gasteiger partial charge on any atom is -0.494 e. The van der Waals surface area contributed by atoms with Crippen molar-refractivity contribution in [2.75, 3.05) is 20.2 Å². The molecule has 0 saturated carbocycles. The van der Waals surface area contributed by atoms with E-state index in [9.17, 15) is 9.18 Å². The zero-order valence-electron chi connectivity index (χ0n) is 15.7. The van der Waals surface area contributed by atoms with E-state index in [1.54, 1.807) is 6.07 Å². The summed E-state index contributed by atoms with van der Waals surface area (Å²) in [5, 5.41) is 0. The number of methoxy groups -OCH3 is 1. The number of imidazole rings is 1. The number of aryl methyl sites for hydroxylation is 1. The highest BCUT2D eigenvalue weighted by atomic mass is 19.1. The molecule has 2 aromatic rings. The quantitative estimate of drug-likeness (QED) is 0.794. The number of carbonyl (C=O) groups excluding carboxylic acids is 1. The molecule has 1 aliphatic rings. The zero-order valence-corrected chi connectivity index (χ0v) is 15.7. The van der Waals surface area contributed by atoms with E-state index < -0.39 is 5.82 Å². The van der Waals surface area contributed by atoms with Crippen LogP contribution in [0.5, 0.6) is 5.75 Å². The predicted octanol–water partition coefficient (Wildman–Crippen LogP) is 3.45. The highest BCUT2D eigenvalue weighted by Crippen LogP contribution is 2.24. The highest BCUT2D eigenvalue weighted by molar-refractivity contribution is 5.94. The molecule has 1 atom stereocenters. The van der Waals surface area contributed by atoms with E-state index in [-0.39, 0.29) is 11.7 Å². The molecule has 0 radical (unpaired) electrons. The van der Waals surface area contributed by atoms with Crippen LogP contribution in [-0.4, -0.2) is 40.6 Å². The molecule has 0 aliphatic carbocycles. The van der Waals surface area contributed by atoms with Gasteiger partial charge in [0.25, 0.3) is 5.91 Å². The monoisotopic (exact) mass is 359 g/mol. The topological polar surface area (TPSA) is 47.4 Å². The lowest BCUT2D eigenvalue weighted by molar-refractivity contribution is 0.0786. The molecule has 1 unspecified atom stereocenters. The Kier molecular flexibility index (Phi) is 5.59. The van der Waals surface area contributed by atoms with Crippen LogP contribution in [0, 0.1) is 18.7 Å². The molecule has 140 valence electrons. The van der Waals surface area contributed by atoms with Gasteiger partial charge in [0.1, 0.15) is 5.82 Å². The van der Waals surface area contributed by atoms with E-state index in [0.29, 0.717) is 24.6 Å². The number of aromatic nitrogens is 2. The van der Waals surface area contributed by atoms with Crippen molar-refractivity contribution in [1.29, 1.82) is 0 Å². The van der Waals surface area contributed by atoms with Gasteiger partial charge in [-0.25, -0.2) is 9.37 Å². The lowest BCUT2D eigenvalue weighted by atomic mass is 10.0. The summed E-state index contributed by atoms with van der Waals surface area (Å²) in [7, 11) is 1.41. The second-order valence-electron chi connectivity index (χ2n) is 6.93. The van der Waals surface area contributed by atoms with Crippen molar-refractivity contribution >= 4 is 5.91 Å². The third-order valence-electron chi connectivity index (χ3n) is 5.03. The first kappa shape index (κ1) is 18.4. The van der Waals surface area contributed by atoms with Gasteiger partial charge in [-0.15, -0.1) is 0 Å². The number of benzene rings is 1. The molecule has 1 aromatic carbocycles. The Labute approximate surface area is 153 Å². The maximum absolute atomic E-state index is 13.9. The molecule has 5 nitrogen and oxygen atoms in total. The standard InChI is InChI=1S/C20H26FN3O2/c1-4-8-24-14(2)12-22-19(24)10-15-7-9-23(13-15)20(25)16-5-6-18(26-3)17(21)11-16/h5-6,11-12,15H,4,7-10,13H2,1-3H3. The largest absolute Gasteiger partial charge is 0.494 e. The molecule has 6 heteroatoms. The molecule has 2 heterocycles. The van der Waals surface area contributed by atoms with Crippen LogP contribution in [0.3, 0.4) is 0 Å². The Bertz CT molecular complexity index is 787. The lowest BCUT2D eigenvalue weighted by Gasteiger charge is -2.17. The molecule has 0 N–H and O–H groups in total. The molecular formula is C20H26FN3O2. The third-order valence-corrected chi connectivity index (χ3v) is 5.03. The average molecular weight is 359 g/mol. The van der Waals surface area contributed by atoms with E-state index in [1.807, 2.05) is 11.1 Å². The van der Waals surface area contributed by atoms with Crippen LogP contribution in [-0.2, 0) is 13.0 Å². The van der Waals surface area contributed by atoms with Gasteiger partial charge in [-0.3, -0.25) is 4.79 Å². The molecule has 1 aliphatic heterocycles. The number of hydrogen-bond donors (Lipinski definition) is 0. The SMILES string of the molecule is CCCn1c(C)cnc1CC1CCN(C(=O)c2ccc(OC)c(F)c2)C1. The second-order valence-corrected chi connectivity index (χ2v) is 6.93. The maximum Gasteiger partial charge on any atom is 0.253 e. The fourth-order valence-corrected chi connectivity index (χ4v) is 3.63. The van der Waals surface area contributed by atoms with Crippen molar-refractivity contribution in [3.05, 3.63) is 47.3 Å². The van der Waals surface area contributed by atoms with Crippen LogP contribution >= 0.6 is 0 Å². The molecule has 1 fully saturated rings. The van der Waals surface area contributed by atoms with Gasteiger partial charge in [0, 0.05) is 43.5 Å². The molecule has 0 spiro atoms. The molecule has 3 rings (SSSR count). The molecule has 0 bridgehead atoms. The van der Waals surface area contributed by atoms with Gasteiger partial charge in [-0.05, 0) is 43.9 Å². The van der Waals surface area contributed by atoms with Gasteiger partial charge >= 0.3 is 0 Å². The van der Waals surface area contributed by atoms with Gasteiger partial charge in [-0.2, -0.15) is 0 Å². The van der Waals surface area contributed by atoms with Crippen LogP contribution in [0.25, 0.3) is 0 Å². The molecular weight excluding hydrogens is 333 g/mol. The number of carbonyl (C=O) groups is 1. The van der Waals surface area contributed by atoms with E-state index in [4.69, 9.17) is 4.74 Å². The molecule has 1 aromatic heterocycles. The van der Waals surface area contributed by atoms with Crippen molar-refractivity contribution in [2.24, 2.45) is 5.92 Å². The number of halogens is 1. The van der Waals surface area contributed by atoms with Crippen LogP contribution in [0.4, 0.5) is 4.39 Å². The van der Waals surface area contributed by atoms with Crippen LogP contribution in [0.15, 0.2) is 24.4 Å². The van der Waals surface area contributed by atoms with E-state index >= 15 is 0 Å². The summed E-state index contributed by atoms with van der Waals surface area (Å²) in [6.45, 7) is 6.60. The first-order valence-corrected chi connectivity index (χ1v) is 9.17. The summed E-state index contributed by atoms with van der Waals surface area (Å²) < 4.78 is 21.1. The number of amides is 1. The fraction of sp³-hybridized carbons (Fsp3) is 0.500. The molecule has 1 amide bonds. The minimum absolute atomic E-state index is 0.123. The third kappa shape index (κ3) is 3.74. The van der Waals surface area contributed by atoms with E-state index in [0.717, 1.165) is 31.6 Å². The minimum atomic E-state index is -0.508. The summed E-state index contributed by atoms with van der Waals surface area (Å²) in [4.78, 5) is 19.0. The van der Waals surface area contributed by atoms with Crippen LogP contribution in [0.1, 0.15) is 41.6 Å². The normalized spacial score (nSPS) is 16.9. The highest BCUT2D eigenvalue weighted by Gasteiger charge is 2.28. The van der Waals surface area contributed by atoms with Gasteiger partial charge in [0.15, 0.2) is 11.6 Å². The Hall–Kier alpha value is -2.37. The second kappa shape index (κ2) is 7.89. The van der Waals surface area contributed by atoms with Crippen molar-refractivity contribution in [2.45, 2.75) is 39.7 Å². The zero-order chi connectivity index (χ0) is 18.7. The molecule has 26 heavy (non-hydrogen) atoms. The summed E-state index contributed by atoms with van der Waals surface area (Å²) in [5.74, 6) is 1.01. The number of hydrogen-bond acceptors (Lipinski definition) is 3. The van der Waals surface area contributed by atoms with Crippen molar-refractivity contribution in [1.82, 2.24) is 14.5 Å². The maximum atomic E-state index is 13.9. The number of nitrogens with zero attached hydrogens (tertiary/aromatic N) is 3. The Morgan fingerprint density at radius 3 is 2.92 bits per heavy atom. The average Bonchev–Trinajstić information content (AvgIpc) is 3.23. The first-order chi connectivity index (χ1) is 12.5. The number of ether oxygens (including phenoxy) is 1. The Morgan fingerprint density at radius 2 is 2.23 bits per heavy atom. The predicted molar refractivity (Wildman–Crippen MR) is 97.9 cm³/mol. The summed E-state index contributed by atoms with van der Waals surface area (Å²) >= 11 is 0. The summed E-state index contributed by atoms with van der Waals surface area (Å²) in [6, 6.07) is 4.38. The van der Waals surface area contributed by atoms with Gasteiger partial charge < -0.3 is 14.2 Å². The van der Waals surface area contributed by atoms with Crippen molar-refractivity contribution in [3.63, 3.8) is 0 Å². The van der Waals surface area contributed by atoms with Gasteiger partial charge in [0.05, 0.1) is 7.11 Å². The first-order valence-electron chi connectivity index (χ1n) is 9.17. The Morgan fingerprint density at radius 1 is 1.42 bits per heavy atom. The van der Waals surface area contributed by atoms with Crippen LogP contribution in [0.2, 0.25) is 0 Å². The Balaban J connectivity index is 1.65. The number of likely N-dealkylation sites (tertiary alicyclic amines) is 1. The van der Waals surface area contributed by atoms with E-state index in [1.165, 1.54) is 24.9 Å². The van der Waals surface area contributed by atoms with Gasteiger partial charge in [0.2, 0.25) is 0 Å². The van der Waals surface area contributed by atoms with Crippen molar-refractivity contribution in [3.8, 4) is 5.75 Å². The smallest absolute Gasteiger partial charge is 0.253 e. The van der Waals surface area contributed by atoms with Crippen LogP contribution < -0.4 is 4.74 Å². The summed E-state index contributed by atoms with van der Waals surface area (Å²) in [5.41, 5.74) is 1.55. The lowest BCUT2D eigenvalue weighted by Crippen LogP contribution is -2.29. The summed E-state index contributed by atoms with van der Waals surface area (Å²) in [6.07, 6.45) is 4.81. The van der Waals surface area contributed by atoms with E-state index in [2.05, 4.69) is 23.4 Å². The number of rotatable bonds is 6. The molecule has 1 saturated heterocycles. The van der Waals surface area contributed by atoms with Crippen molar-refractivity contribution < 1.29 is 13.9 Å². The van der Waals surface area contributed by atoms with Gasteiger partial charge in [-0.1, -0.05) is 6.92 Å².